The van der Waals surface area contributed by atoms with Crippen molar-refractivity contribution in [2.75, 3.05) is 46.5 Å². The zero-order chi connectivity index (χ0) is 28.2. The molecule has 1 saturated heterocycles. The van der Waals surface area contributed by atoms with Gasteiger partial charge in [0.15, 0.2) is 5.01 Å². The van der Waals surface area contributed by atoms with Gasteiger partial charge in [-0.25, -0.2) is 9.78 Å². The average Bonchev–Trinajstić information content (AvgIpc) is 3.55. The van der Waals surface area contributed by atoms with Crippen molar-refractivity contribution in [1.29, 1.82) is 0 Å². The molecule has 4 heterocycles. The number of likely N-dealkylation sites (tertiary alicyclic amines) is 1. The molecule has 1 aromatic carbocycles. The maximum Gasteiger partial charge on any atom is 0.409 e. The Morgan fingerprint density at radius 1 is 1.15 bits per heavy atom. The van der Waals surface area contributed by atoms with Crippen LogP contribution < -0.4 is 10.6 Å². The standard InChI is InChI=1S/C27H33ClN6O5S/c1-3-38-10-11-39-27(37)34-9-7-19(30-24(35)21-13-16-12-17(28)4-5-18(16)29-21)22(14-34)31-25(36)26-32-20-6-8-33(2)15-23(20)40-26/h4-5,12-13,19,22,29H,3,6-11,14-15H2,1-2H3,(H,30,35)(H,31,36)/t19-,22+/m0/s1. The Kier molecular flexibility index (Phi) is 8.89. The number of aromatic amines is 1. The van der Waals surface area contributed by atoms with Crippen LogP contribution in [0.25, 0.3) is 10.9 Å². The van der Waals surface area contributed by atoms with Gasteiger partial charge in [-0.15, -0.1) is 11.3 Å². The maximum absolute atomic E-state index is 13.3. The molecule has 3 amide bonds. The number of aromatic nitrogens is 2. The smallest absolute Gasteiger partial charge is 0.409 e. The second-order valence-electron chi connectivity index (χ2n) is 10.00. The fraction of sp³-hybridized carbons (Fsp3) is 0.481. The number of likely N-dealkylation sites (N-methyl/N-ethyl adjacent to an activating group) is 1. The molecule has 0 bridgehead atoms. The lowest BCUT2D eigenvalue weighted by atomic mass is 9.99. The SMILES string of the molecule is CCOCCOC(=O)N1CC[C@H](NC(=O)c2cc3cc(Cl)ccc3[nH]2)[C@H](NC(=O)c2nc3c(s2)CN(C)CC3)C1. The summed E-state index contributed by atoms with van der Waals surface area (Å²) in [4.78, 5) is 51.8. The molecule has 40 heavy (non-hydrogen) atoms. The molecular weight excluding hydrogens is 556 g/mol. The van der Waals surface area contributed by atoms with Crippen molar-refractivity contribution in [3.8, 4) is 0 Å². The molecule has 3 aromatic rings. The minimum atomic E-state index is -0.549. The molecule has 2 atom stereocenters. The van der Waals surface area contributed by atoms with Crippen molar-refractivity contribution < 1.29 is 23.9 Å². The van der Waals surface area contributed by atoms with E-state index in [0.717, 1.165) is 41.0 Å². The van der Waals surface area contributed by atoms with Crippen LogP contribution in [0.1, 0.15) is 44.2 Å². The number of carbonyl (C=O) groups is 3. The number of rotatable bonds is 8. The van der Waals surface area contributed by atoms with Crippen molar-refractivity contribution in [3.05, 3.63) is 50.6 Å². The molecule has 0 radical (unpaired) electrons. The Morgan fingerprint density at radius 3 is 2.80 bits per heavy atom. The number of halogens is 1. The summed E-state index contributed by atoms with van der Waals surface area (Å²) in [5.74, 6) is -0.629. The molecule has 0 spiro atoms. The zero-order valence-corrected chi connectivity index (χ0v) is 24.1. The van der Waals surface area contributed by atoms with E-state index in [-0.39, 0.29) is 25.0 Å². The van der Waals surface area contributed by atoms with Crippen molar-refractivity contribution in [3.63, 3.8) is 0 Å². The van der Waals surface area contributed by atoms with Gasteiger partial charge in [0.2, 0.25) is 0 Å². The lowest BCUT2D eigenvalue weighted by Crippen LogP contribution is -2.61. The molecule has 5 rings (SSSR count). The molecular formula is C27H33ClN6O5S. The summed E-state index contributed by atoms with van der Waals surface area (Å²) < 4.78 is 10.6. The van der Waals surface area contributed by atoms with Gasteiger partial charge in [0.05, 0.1) is 24.4 Å². The summed E-state index contributed by atoms with van der Waals surface area (Å²) in [5, 5.41) is 7.88. The van der Waals surface area contributed by atoms with Crippen LogP contribution in [0.2, 0.25) is 5.02 Å². The number of benzene rings is 1. The number of thiazole rings is 1. The third-order valence-corrected chi connectivity index (χ3v) is 8.42. The maximum atomic E-state index is 13.3. The number of amides is 3. The Balaban J connectivity index is 1.30. The van der Waals surface area contributed by atoms with Crippen LogP contribution in [0.4, 0.5) is 4.79 Å². The van der Waals surface area contributed by atoms with Crippen LogP contribution in [-0.2, 0) is 22.4 Å². The van der Waals surface area contributed by atoms with Gasteiger partial charge >= 0.3 is 6.09 Å². The molecule has 214 valence electrons. The zero-order valence-electron chi connectivity index (χ0n) is 22.5. The first-order valence-electron chi connectivity index (χ1n) is 13.4. The second kappa shape index (κ2) is 12.5. The number of fused-ring (bicyclic) bond motifs is 2. The van der Waals surface area contributed by atoms with Gasteiger partial charge in [-0.05, 0) is 44.7 Å². The lowest BCUT2D eigenvalue weighted by molar-refractivity contribution is 0.0481. The first-order chi connectivity index (χ1) is 19.3. The Morgan fingerprint density at radius 2 is 1.98 bits per heavy atom. The number of carbonyl (C=O) groups excluding carboxylic acids is 3. The van der Waals surface area contributed by atoms with E-state index in [0.29, 0.717) is 41.9 Å². The van der Waals surface area contributed by atoms with Gasteiger partial charge in [0.25, 0.3) is 11.8 Å². The van der Waals surface area contributed by atoms with E-state index in [9.17, 15) is 14.4 Å². The predicted molar refractivity (Wildman–Crippen MR) is 152 cm³/mol. The highest BCUT2D eigenvalue weighted by molar-refractivity contribution is 7.13. The molecule has 11 nitrogen and oxygen atoms in total. The minimum Gasteiger partial charge on any atom is -0.447 e. The van der Waals surface area contributed by atoms with Crippen LogP contribution >= 0.6 is 22.9 Å². The third kappa shape index (κ3) is 6.57. The van der Waals surface area contributed by atoms with Crippen LogP contribution in [0.5, 0.6) is 0 Å². The summed E-state index contributed by atoms with van der Waals surface area (Å²) in [5.41, 5.74) is 2.14. The van der Waals surface area contributed by atoms with E-state index in [2.05, 4.69) is 25.5 Å². The fourth-order valence-electron chi connectivity index (χ4n) is 4.98. The largest absolute Gasteiger partial charge is 0.447 e. The van der Waals surface area contributed by atoms with E-state index in [4.69, 9.17) is 21.1 Å². The molecule has 13 heteroatoms. The van der Waals surface area contributed by atoms with Gasteiger partial charge in [-0.2, -0.15) is 0 Å². The quantitative estimate of drug-likeness (QED) is 0.345. The predicted octanol–water partition coefficient (Wildman–Crippen LogP) is 3.04. The highest BCUT2D eigenvalue weighted by Crippen LogP contribution is 2.25. The molecule has 2 aliphatic heterocycles. The lowest BCUT2D eigenvalue weighted by Gasteiger charge is -2.38. The number of hydrogen-bond donors (Lipinski definition) is 3. The number of ether oxygens (including phenoxy) is 2. The topological polar surface area (TPSA) is 129 Å². The fourth-order valence-corrected chi connectivity index (χ4v) is 6.25. The van der Waals surface area contributed by atoms with Gasteiger partial charge in [-0.1, -0.05) is 11.6 Å². The molecule has 2 aliphatic rings. The van der Waals surface area contributed by atoms with Crippen molar-refractivity contribution in [2.24, 2.45) is 0 Å². The molecule has 0 unspecified atom stereocenters. The number of piperidine rings is 1. The molecule has 0 aliphatic carbocycles. The number of nitrogens with one attached hydrogen (secondary N) is 3. The van der Waals surface area contributed by atoms with E-state index >= 15 is 0 Å². The normalized spacial score (nSPS) is 19.3. The van der Waals surface area contributed by atoms with Crippen LogP contribution in [-0.4, -0.2) is 96.3 Å². The van der Waals surface area contributed by atoms with Crippen molar-refractivity contribution in [1.82, 2.24) is 30.4 Å². The second-order valence-corrected chi connectivity index (χ2v) is 11.5. The van der Waals surface area contributed by atoms with E-state index < -0.39 is 18.2 Å². The van der Waals surface area contributed by atoms with Crippen LogP contribution in [0.3, 0.4) is 0 Å². The minimum absolute atomic E-state index is 0.143. The monoisotopic (exact) mass is 588 g/mol. The van der Waals surface area contributed by atoms with Crippen molar-refractivity contribution in [2.45, 2.75) is 38.4 Å². The van der Waals surface area contributed by atoms with E-state index in [1.807, 2.05) is 20.0 Å². The Bertz CT molecular complexity index is 1390. The summed E-state index contributed by atoms with van der Waals surface area (Å²) in [6, 6.07) is 6.14. The van der Waals surface area contributed by atoms with Crippen LogP contribution in [0.15, 0.2) is 24.3 Å². The highest BCUT2D eigenvalue weighted by atomic mass is 35.5. The first kappa shape index (κ1) is 28.3. The number of H-pyrrole nitrogens is 1. The number of hydrogen-bond acceptors (Lipinski definition) is 8. The van der Waals surface area contributed by atoms with Gasteiger partial charge in [0.1, 0.15) is 12.3 Å². The Labute approximate surface area is 241 Å². The van der Waals surface area contributed by atoms with Gasteiger partial charge < -0.3 is 34.9 Å². The van der Waals surface area contributed by atoms with Gasteiger partial charge in [-0.3, -0.25) is 9.59 Å². The number of nitrogens with zero attached hydrogens (tertiary/aromatic N) is 3. The molecule has 1 fully saturated rings. The first-order valence-corrected chi connectivity index (χ1v) is 14.6. The summed E-state index contributed by atoms with van der Waals surface area (Å²) in [6.07, 6.45) is 0.751. The highest BCUT2D eigenvalue weighted by Gasteiger charge is 2.35. The molecule has 3 N–H and O–H groups in total. The summed E-state index contributed by atoms with van der Waals surface area (Å²) >= 11 is 7.48. The molecule has 0 saturated carbocycles. The molecule has 2 aromatic heterocycles. The van der Waals surface area contributed by atoms with Crippen LogP contribution in [0, 0.1) is 0 Å². The summed E-state index contributed by atoms with van der Waals surface area (Å²) in [6.45, 7) is 5.07. The summed E-state index contributed by atoms with van der Waals surface area (Å²) in [7, 11) is 2.04. The average molecular weight is 589 g/mol. The third-order valence-electron chi connectivity index (χ3n) is 7.11. The van der Waals surface area contributed by atoms with E-state index in [1.54, 1.807) is 23.1 Å². The van der Waals surface area contributed by atoms with Gasteiger partial charge in [0, 0.05) is 60.0 Å². The van der Waals surface area contributed by atoms with Crippen molar-refractivity contribution >= 4 is 51.7 Å². The Hall–Kier alpha value is -3.19. The van der Waals surface area contributed by atoms with E-state index in [1.165, 1.54) is 11.3 Å².